The molecule has 184 valence electrons. The Kier molecular flexibility index (Phi) is 6.50. The number of amides is 4. The van der Waals surface area contributed by atoms with Crippen molar-refractivity contribution in [3.05, 3.63) is 65.7 Å². The van der Waals surface area contributed by atoms with Crippen molar-refractivity contribution in [3.63, 3.8) is 0 Å². The van der Waals surface area contributed by atoms with Crippen molar-refractivity contribution < 1.29 is 19.1 Å². The van der Waals surface area contributed by atoms with Crippen molar-refractivity contribution in [1.82, 2.24) is 15.1 Å². The Morgan fingerprint density at radius 2 is 1.71 bits per heavy atom. The van der Waals surface area contributed by atoms with Gasteiger partial charge in [0.15, 0.2) is 0 Å². The minimum Gasteiger partial charge on any atom is -0.496 e. The number of fused-ring (bicyclic) bond motifs is 1. The first kappa shape index (κ1) is 23.4. The maximum atomic E-state index is 13.1. The minimum atomic E-state index is -0.266. The largest absolute Gasteiger partial charge is 0.496 e. The number of benzene rings is 2. The van der Waals surface area contributed by atoms with E-state index in [0.29, 0.717) is 24.4 Å². The van der Waals surface area contributed by atoms with Gasteiger partial charge in [-0.25, -0.2) is 4.79 Å². The van der Waals surface area contributed by atoms with Crippen molar-refractivity contribution in [2.45, 2.75) is 62.4 Å². The number of rotatable bonds is 6. The van der Waals surface area contributed by atoms with E-state index in [1.807, 2.05) is 30.3 Å². The van der Waals surface area contributed by atoms with E-state index in [-0.39, 0.29) is 35.3 Å². The third-order valence-corrected chi connectivity index (χ3v) is 8.08. The number of nitrogens with one attached hydrogen (secondary N) is 1. The van der Waals surface area contributed by atoms with Crippen LogP contribution in [0.25, 0.3) is 0 Å². The predicted octanol–water partition coefficient (Wildman–Crippen LogP) is 4.12. The fourth-order valence-electron chi connectivity index (χ4n) is 6.10. The van der Waals surface area contributed by atoms with Crippen LogP contribution < -0.4 is 10.1 Å². The monoisotopic (exact) mass is 475 g/mol. The highest BCUT2D eigenvalue weighted by Crippen LogP contribution is 2.42. The number of methoxy groups -OCH3 is 1. The van der Waals surface area contributed by atoms with Crippen molar-refractivity contribution in [3.8, 4) is 5.75 Å². The van der Waals surface area contributed by atoms with Crippen LogP contribution >= 0.6 is 0 Å². The second-order valence-electron chi connectivity index (χ2n) is 9.96. The molecule has 2 saturated heterocycles. The molecule has 1 unspecified atom stereocenters. The van der Waals surface area contributed by atoms with Crippen LogP contribution in [0.5, 0.6) is 5.75 Å². The molecule has 7 heteroatoms. The van der Waals surface area contributed by atoms with E-state index in [9.17, 15) is 14.4 Å². The molecule has 3 fully saturated rings. The first-order chi connectivity index (χ1) is 17.0. The highest BCUT2D eigenvalue weighted by atomic mass is 16.5. The Morgan fingerprint density at radius 1 is 1.00 bits per heavy atom. The molecule has 0 bridgehead atoms. The zero-order valence-corrected chi connectivity index (χ0v) is 20.2. The van der Waals surface area contributed by atoms with Crippen LogP contribution in [0, 0.1) is 0 Å². The summed E-state index contributed by atoms with van der Waals surface area (Å²) in [5, 5.41) is 3.15. The lowest BCUT2D eigenvalue weighted by atomic mass is 9.67. The highest BCUT2D eigenvalue weighted by molar-refractivity contribution is 6.04. The van der Waals surface area contributed by atoms with Crippen LogP contribution in [0.4, 0.5) is 4.79 Å². The van der Waals surface area contributed by atoms with Gasteiger partial charge in [-0.2, -0.15) is 0 Å². The Balaban J connectivity index is 1.32. The number of ether oxygens (including phenoxy) is 1. The van der Waals surface area contributed by atoms with Gasteiger partial charge in [0.25, 0.3) is 11.8 Å². The summed E-state index contributed by atoms with van der Waals surface area (Å²) in [6.07, 6.45) is 5.79. The zero-order chi connectivity index (χ0) is 24.4. The van der Waals surface area contributed by atoms with Gasteiger partial charge in [-0.3, -0.25) is 14.5 Å². The molecule has 35 heavy (non-hydrogen) atoms. The molecular formula is C28H33N3O4. The summed E-state index contributed by atoms with van der Waals surface area (Å²) in [6, 6.07) is 17.0. The van der Waals surface area contributed by atoms with E-state index in [0.717, 1.165) is 44.9 Å². The van der Waals surface area contributed by atoms with Crippen LogP contribution in [0.2, 0.25) is 0 Å². The van der Waals surface area contributed by atoms with E-state index >= 15 is 0 Å². The van der Waals surface area contributed by atoms with Gasteiger partial charge in [-0.05, 0) is 62.6 Å². The van der Waals surface area contributed by atoms with Gasteiger partial charge in [-0.15, -0.1) is 0 Å². The number of hydrogen-bond donors (Lipinski definition) is 1. The fourth-order valence-corrected chi connectivity index (χ4v) is 6.10. The second-order valence-corrected chi connectivity index (χ2v) is 9.96. The van der Waals surface area contributed by atoms with Gasteiger partial charge < -0.3 is 15.0 Å². The number of urea groups is 1. The third kappa shape index (κ3) is 4.28. The van der Waals surface area contributed by atoms with Gasteiger partial charge in [0, 0.05) is 24.5 Å². The molecule has 2 aromatic carbocycles. The van der Waals surface area contributed by atoms with E-state index in [1.165, 1.54) is 5.56 Å². The van der Waals surface area contributed by atoms with E-state index in [2.05, 4.69) is 17.4 Å². The fraction of sp³-hybridized carbons (Fsp3) is 0.464. The number of imide groups is 1. The molecule has 1 atom stereocenters. The van der Waals surface area contributed by atoms with Gasteiger partial charge in [0.1, 0.15) is 11.8 Å². The maximum Gasteiger partial charge on any atom is 0.327 e. The first-order valence-corrected chi connectivity index (χ1v) is 12.6. The Hall–Kier alpha value is -3.35. The van der Waals surface area contributed by atoms with Gasteiger partial charge in [0.2, 0.25) is 0 Å². The number of nitrogens with zero attached hydrogens (tertiary/aromatic N) is 2. The van der Waals surface area contributed by atoms with Crippen molar-refractivity contribution in [1.29, 1.82) is 0 Å². The molecule has 5 rings (SSSR count). The molecular weight excluding hydrogens is 442 g/mol. The van der Waals surface area contributed by atoms with Crippen LogP contribution in [0.3, 0.4) is 0 Å². The minimum absolute atomic E-state index is 0.0172. The molecule has 1 aliphatic carbocycles. The summed E-state index contributed by atoms with van der Waals surface area (Å²) in [5.74, 6) is 0.364. The first-order valence-electron chi connectivity index (χ1n) is 12.6. The molecule has 7 nitrogen and oxygen atoms in total. The molecule has 2 aliphatic heterocycles. The molecule has 2 heterocycles. The Labute approximate surface area is 206 Å². The quantitative estimate of drug-likeness (QED) is 0.638. The van der Waals surface area contributed by atoms with Crippen molar-refractivity contribution >= 4 is 17.8 Å². The number of hydrogen-bond acceptors (Lipinski definition) is 4. The van der Waals surface area contributed by atoms with Crippen molar-refractivity contribution in [2.75, 3.05) is 20.2 Å². The van der Waals surface area contributed by atoms with E-state index in [4.69, 9.17) is 4.74 Å². The maximum absolute atomic E-state index is 13.1. The van der Waals surface area contributed by atoms with Crippen molar-refractivity contribution in [2.24, 2.45) is 0 Å². The predicted molar refractivity (Wildman–Crippen MR) is 132 cm³/mol. The number of para-hydroxylation sites is 1. The zero-order valence-electron chi connectivity index (χ0n) is 20.2. The van der Waals surface area contributed by atoms with Gasteiger partial charge in [-0.1, -0.05) is 42.5 Å². The Bertz CT molecular complexity index is 1070. The summed E-state index contributed by atoms with van der Waals surface area (Å²) in [4.78, 5) is 42.6. The smallest absolute Gasteiger partial charge is 0.327 e. The molecule has 1 N–H and O–H groups in total. The number of piperidine rings is 1. The summed E-state index contributed by atoms with van der Waals surface area (Å²) in [6.45, 7) is 1.17. The van der Waals surface area contributed by atoms with Crippen LogP contribution in [0.15, 0.2) is 54.6 Å². The molecule has 0 spiro atoms. The summed E-state index contributed by atoms with van der Waals surface area (Å²) in [5.41, 5.74) is 1.43. The van der Waals surface area contributed by atoms with Crippen LogP contribution in [0.1, 0.15) is 60.9 Å². The average Bonchev–Trinajstić information content (AvgIpc) is 3.17. The van der Waals surface area contributed by atoms with E-state index < -0.39 is 0 Å². The standard InChI is InChI=1S/C28H33N3O4/c1-35-24-13-6-5-11-22(24)25(32)29-19-28(20-9-3-2-4-10-20)16-14-21(15-17-28)31-26(33)23-12-7-8-18-30(23)27(31)34/h2-6,9-11,13,21,23H,7-8,12,14-19H2,1H3,(H,29,32)/t21-,23?,28-. The topological polar surface area (TPSA) is 79.0 Å². The summed E-state index contributed by atoms with van der Waals surface area (Å²) in [7, 11) is 1.56. The molecule has 2 aromatic rings. The number of carbonyl (C=O) groups excluding carboxylic acids is 3. The van der Waals surface area contributed by atoms with Crippen LogP contribution in [-0.2, 0) is 10.2 Å². The normalized spacial score (nSPS) is 26.4. The number of carbonyl (C=O) groups is 3. The van der Waals surface area contributed by atoms with E-state index in [1.54, 1.807) is 29.0 Å². The lowest BCUT2D eigenvalue weighted by Crippen LogP contribution is -2.49. The lowest BCUT2D eigenvalue weighted by Gasteiger charge is -2.42. The molecule has 0 aromatic heterocycles. The molecule has 0 radical (unpaired) electrons. The molecule has 4 amide bonds. The average molecular weight is 476 g/mol. The van der Waals surface area contributed by atoms with Crippen LogP contribution in [-0.4, -0.2) is 59.9 Å². The lowest BCUT2D eigenvalue weighted by molar-refractivity contribution is -0.130. The molecule has 3 aliphatic rings. The summed E-state index contributed by atoms with van der Waals surface area (Å²) < 4.78 is 5.37. The Morgan fingerprint density at radius 3 is 2.43 bits per heavy atom. The molecule has 1 saturated carbocycles. The SMILES string of the molecule is COc1ccccc1C(=O)NC[C@]1(c2ccccc2)CC[C@H](N2C(=O)C3CCCCN3C2=O)CC1. The summed E-state index contributed by atoms with van der Waals surface area (Å²) >= 11 is 0. The second kappa shape index (κ2) is 9.72. The highest BCUT2D eigenvalue weighted by Gasteiger charge is 2.50. The third-order valence-electron chi connectivity index (χ3n) is 8.08. The van der Waals surface area contributed by atoms with Gasteiger partial charge >= 0.3 is 6.03 Å². The van der Waals surface area contributed by atoms with Gasteiger partial charge in [0.05, 0.1) is 12.7 Å².